The van der Waals surface area contributed by atoms with Crippen molar-refractivity contribution < 1.29 is 0 Å². The van der Waals surface area contributed by atoms with Crippen LogP contribution < -0.4 is 11.0 Å². The van der Waals surface area contributed by atoms with E-state index in [0.29, 0.717) is 23.4 Å². The highest BCUT2D eigenvalue weighted by Gasteiger charge is 2.11. The first-order valence-electron chi connectivity index (χ1n) is 6.71. The maximum atomic E-state index is 11.7. The molecule has 0 saturated heterocycles. The molecule has 0 amide bonds. The van der Waals surface area contributed by atoms with Crippen molar-refractivity contribution in [3.05, 3.63) is 22.2 Å². The lowest BCUT2D eigenvalue weighted by atomic mass is 10.1. The Labute approximate surface area is 112 Å². The average Bonchev–Trinajstić information content (AvgIpc) is 2.70. The Morgan fingerprint density at radius 3 is 2.74 bits per heavy atom. The van der Waals surface area contributed by atoms with Crippen LogP contribution in [0.15, 0.2) is 10.9 Å². The van der Waals surface area contributed by atoms with Crippen LogP contribution in [0.25, 0.3) is 5.65 Å². The molecule has 0 aromatic carbocycles. The van der Waals surface area contributed by atoms with E-state index >= 15 is 0 Å². The second kappa shape index (κ2) is 5.42. The Morgan fingerprint density at radius 1 is 1.37 bits per heavy atom. The minimum Gasteiger partial charge on any atom is -0.355 e. The van der Waals surface area contributed by atoms with Gasteiger partial charge in [-0.2, -0.15) is 5.10 Å². The van der Waals surface area contributed by atoms with Gasteiger partial charge >= 0.3 is 5.69 Å². The summed E-state index contributed by atoms with van der Waals surface area (Å²) in [7, 11) is 0. The summed E-state index contributed by atoms with van der Waals surface area (Å²) in [6.07, 6.45) is 1.03. The Bertz CT molecular complexity index is 611. The minimum atomic E-state index is -0.259. The van der Waals surface area contributed by atoms with Crippen molar-refractivity contribution in [3.8, 4) is 0 Å². The van der Waals surface area contributed by atoms with Crippen molar-refractivity contribution in [3.63, 3.8) is 0 Å². The molecular formula is C13H21N5O. The van der Waals surface area contributed by atoms with Crippen LogP contribution in [0, 0.1) is 5.92 Å². The van der Waals surface area contributed by atoms with Crippen LogP contribution in [0.1, 0.15) is 45.7 Å². The molecule has 104 valence electrons. The highest BCUT2D eigenvalue weighted by molar-refractivity contribution is 5.46. The first-order chi connectivity index (χ1) is 8.99. The van der Waals surface area contributed by atoms with Gasteiger partial charge in [0.2, 0.25) is 5.95 Å². The van der Waals surface area contributed by atoms with Gasteiger partial charge in [0.05, 0.1) is 5.69 Å². The molecule has 2 N–H and O–H groups in total. The topological polar surface area (TPSA) is 75.1 Å². The molecule has 0 bridgehead atoms. The van der Waals surface area contributed by atoms with Gasteiger partial charge in [-0.25, -0.2) is 19.3 Å². The molecule has 0 radical (unpaired) electrons. The number of aromatic nitrogens is 4. The van der Waals surface area contributed by atoms with Crippen LogP contribution in [-0.4, -0.2) is 26.1 Å². The largest absolute Gasteiger partial charge is 0.355 e. The van der Waals surface area contributed by atoms with Crippen molar-refractivity contribution in [2.24, 2.45) is 5.92 Å². The summed E-state index contributed by atoms with van der Waals surface area (Å²) < 4.78 is 1.48. The Kier molecular flexibility index (Phi) is 3.87. The van der Waals surface area contributed by atoms with Crippen LogP contribution >= 0.6 is 0 Å². The number of nitrogens with one attached hydrogen (secondary N) is 2. The number of hydrogen-bond acceptors (Lipinski definition) is 4. The van der Waals surface area contributed by atoms with Gasteiger partial charge in [0.1, 0.15) is 0 Å². The van der Waals surface area contributed by atoms with Crippen LogP contribution in [-0.2, 0) is 0 Å². The van der Waals surface area contributed by atoms with Crippen molar-refractivity contribution in [1.29, 1.82) is 0 Å². The summed E-state index contributed by atoms with van der Waals surface area (Å²) in [6, 6.07) is 1.84. The third-order valence-electron chi connectivity index (χ3n) is 3.02. The summed E-state index contributed by atoms with van der Waals surface area (Å²) in [5.41, 5.74) is 1.28. The number of H-pyrrole nitrogens is 1. The third kappa shape index (κ3) is 2.94. The number of fused-ring (bicyclic) bond motifs is 1. The molecule has 0 unspecified atom stereocenters. The molecule has 0 aliphatic rings. The zero-order chi connectivity index (χ0) is 14.0. The summed E-state index contributed by atoms with van der Waals surface area (Å²) in [6.45, 7) is 9.26. The van der Waals surface area contributed by atoms with E-state index in [-0.39, 0.29) is 5.69 Å². The van der Waals surface area contributed by atoms with Gasteiger partial charge in [-0.1, -0.05) is 27.7 Å². The minimum absolute atomic E-state index is 0.259. The van der Waals surface area contributed by atoms with Crippen molar-refractivity contribution >= 4 is 11.6 Å². The lowest BCUT2D eigenvalue weighted by Gasteiger charge is -2.11. The molecular weight excluding hydrogens is 242 g/mol. The summed E-state index contributed by atoms with van der Waals surface area (Å²) in [5, 5.41) is 9.70. The van der Waals surface area contributed by atoms with Crippen molar-refractivity contribution in [1.82, 2.24) is 19.6 Å². The van der Waals surface area contributed by atoms with Gasteiger partial charge in [-0.15, -0.1) is 0 Å². The Balaban J connectivity index is 2.38. The number of rotatable bonds is 5. The van der Waals surface area contributed by atoms with Gasteiger partial charge in [-0.3, -0.25) is 0 Å². The fourth-order valence-corrected chi connectivity index (χ4v) is 1.83. The van der Waals surface area contributed by atoms with E-state index in [1.54, 1.807) is 0 Å². The van der Waals surface area contributed by atoms with Crippen LogP contribution in [0.3, 0.4) is 0 Å². The second-order valence-corrected chi connectivity index (χ2v) is 5.49. The van der Waals surface area contributed by atoms with Crippen LogP contribution in [0.4, 0.5) is 5.95 Å². The maximum Gasteiger partial charge on any atom is 0.350 e. The van der Waals surface area contributed by atoms with Crippen molar-refractivity contribution in [2.75, 3.05) is 11.9 Å². The van der Waals surface area contributed by atoms with E-state index in [0.717, 1.165) is 18.7 Å². The summed E-state index contributed by atoms with van der Waals surface area (Å²) in [4.78, 5) is 16.3. The van der Waals surface area contributed by atoms with Crippen molar-refractivity contribution in [2.45, 2.75) is 40.0 Å². The molecule has 2 aromatic heterocycles. The Hall–Kier alpha value is -1.85. The number of aromatic amines is 1. The molecule has 0 aliphatic carbocycles. The second-order valence-electron chi connectivity index (χ2n) is 5.49. The molecule has 0 aliphatic heterocycles. The fourth-order valence-electron chi connectivity index (χ4n) is 1.83. The average molecular weight is 263 g/mol. The van der Waals surface area contributed by atoms with E-state index in [2.05, 4.69) is 48.2 Å². The first-order valence-corrected chi connectivity index (χ1v) is 6.71. The highest BCUT2D eigenvalue weighted by Crippen LogP contribution is 2.16. The molecule has 0 fully saturated rings. The molecule has 0 spiro atoms. The first kappa shape index (κ1) is 13.6. The number of hydrogen-bond donors (Lipinski definition) is 2. The smallest absolute Gasteiger partial charge is 0.350 e. The van der Waals surface area contributed by atoms with E-state index in [4.69, 9.17) is 0 Å². The fraction of sp³-hybridized carbons (Fsp3) is 0.615. The van der Waals surface area contributed by atoms with E-state index in [1.165, 1.54) is 4.40 Å². The zero-order valence-corrected chi connectivity index (χ0v) is 11.9. The predicted molar refractivity (Wildman–Crippen MR) is 75.6 cm³/mol. The Morgan fingerprint density at radius 2 is 2.11 bits per heavy atom. The van der Waals surface area contributed by atoms with Gasteiger partial charge in [0.15, 0.2) is 5.65 Å². The van der Waals surface area contributed by atoms with Crippen LogP contribution in [0.5, 0.6) is 0 Å². The molecule has 6 nitrogen and oxygen atoms in total. The molecule has 0 saturated carbocycles. The standard InChI is InChI=1S/C13H21N5O/c1-8(2)5-6-14-12-15-10(9(3)4)7-11-16-17-13(19)18(11)12/h7-9H,5-6H2,1-4H3,(H,14,15)(H,17,19). The lowest BCUT2D eigenvalue weighted by molar-refractivity contribution is 0.605. The SMILES string of the molecule is CC(C)CCNc1nc(C(C)C)cc2n[nH]c(=O)n12. The molecule has 2 heterocycles. The van der Waals surface area contributed by atoms with Gasteiger partial charge in [0.25, 0.3) is 0 Å². The van der Waals surface area contributed by atoms with Gasteiger partial charge < -0.3 is 5.32 Å². The molecule has 6 heteroatoms. The van der Waals surface area contributed by atoms with Gasteiger partial charge in [0, 0.05) is 12.6 Å². The number of nitrogens with zero attached hydrogens (tertiary/aromatic N) is 3. The van der Waals surface area contributed by atoms with E-state index < -0.39 is 0 Å². The third-order valence-corrected chi connectivity index (χ3v) is 3.02. The molecule has 19 heavy (non-hydrogen) atoms. The highest BCUT2D eigenvalue weighted by atomic mass is 16.1. The lowest BCUT2D eigenvalue weighted by Crippen LogP contribution is -2.18. The maximum absolute atomic E-state index is 11.7. The zero-order valence-electron chi connectivity index (χ0n) is 11.9. The summed E-state index contributed by atoms with van der Waals surface area (Å²) >= 11 is 0. The monoisotopic (exact) mass is 263 g/mol. The molecule has 2 aromatic rings. The quantitative estimate of drug-likeness (QED) is 0.865. The summed E-state index contributed by atoms with van der Waals surface area (Å²) in [5.74, 6) is 1.47. The van der Waals surface area contributed by atoms with E-state index in [9.17, 15) is 4.79 Å². The predicted octanol–water partition coefficient (Wildman–Crippen LogP) is 2.00. The number of anilines is 1. The normalized spacial score (nSPS) is 11.7. The molecule has 2 rings (SSSR count). The van der Waals surface area contributed by atoms with E-state index in [1.807, 2.05) is 6.07 Å². The van der Waals surface area contributed by atoms with Crippen LogP contribution in [0.2, 0.25) is 0 Å². The molecule has 0 atom stereocenters. The van der Waals surface area contributed by atoms with Gasteiger partial charge in [-0.05, 0) is 18.3 Å².